The first kappa shape index (κ1) is 22.4. The van der Waals surface area contributed by atoms with Gasteiger partial charge in [-0.1, -0.05) is 44.5 Å². The summed E-state index contributed by atoms with van der Waals surface area (Å²) in [6.07, 6.45) is 1.10. The van der Waals surface area contributed by atoms with Gasteiger partial charge in [0.2, 0.25) is 0 Å². The van der Waals surface area contributed by atoms with Crippen LogP contribution in [-0.2, 0) is 4.79 Å². The largest absolute Gasteiger partial charge is 0.484 e. The number of ether oxygens (including phenoxy) is 1. The van der Waals surface area contributed by atoms with E-state index in [1.165, 1.54) is 5.56 Å². The maximum absolute atomic E-state index is 12.3. The lowest BCUT2D eigenvalue weighted by molar-refractivity contribution is -0.118. The number of piperazine rings is 1. The van der Waals surface area contributed by atoms with Gasteiger partial charge in [0.25, 0.3) is 5.91 Å². The minimum atomic E-state index is -0.207. The second kappa shape index (κ2) is 10.7. The Kier molecular flexibility index (Phi) is 8.00. The highest BCUT2D eigenvalue weighted by Crippen LogP contribution is 2.29. The van der Waals surface area contributed by atoms with E-state index < -0.39 is 0 Å². The van der Waals surface area contributed by atoms with Crippen LogP contribution in [0.25, 0.3) is 0 Å². The molecule has 1 heterocycles. The van der Waals surface area contributed by atoms with Crippen molar-refractivity contribution in [1.29, 1.82) is 0 Å². The number of nitrogens with one attached hydrogen (secondary N) is 1. The average Bonchev–Trinajstić information content (AvgIpc) is 2.78. The van der Waals surface area contributed by atoms with Crippen LogP contribution in [-0.4, -0.2) is 50.1 Å². The fraction of sp³-hybridized carbons (Fsp3) is 0.458. The smallest absolute Gasteiger partial charge is 0.262 e. The van der Waals surface area contributed by atoms with Crippen molar-refractivity contribution in [2.75, 3.05) is 49.5 Å². The van der Waals surface area contributed by atoms with E-state index in [2.05, 4.69) is 48.0 Å². The van der Waals surface area contributed by atoms with Crippen molar-refractivity contribution < 1.29 is 9.53 Å². The predicted molar refractivity (Wildman–Crippen MR) is 125 cm³/mol. The van der Waals surface area contributed by atoms with Crippen molar-refractivity contribution in [3.05, 3.63) is 53.1 Å². The zero-order chi connectivity index (χ0) is 21.5. The summed E-state index contributed by atoms with van der Waals surface area (Å²) >= 11 is 6.50. The Morgan fingerprint density at radius 3 is 2.40 bits per heavy atom. The van der Waals surface area contributed by atoms with E-state index in [1.54, 1.807) is 0 Å². The maximum Gasteiger partial charge on any atom is 0.262 e. The van der Waals surface area contributed by atoms with E-state index in [-0.39, 0.29) is 12.5 Å². The Bertz CT molecular complexity index is 833. The Morgan fingerprint density at radius 2 is 1.80 bits per heavy atom. The third-order valence-electron chi connectivity index (χ3n) is 5.82. The zero-order valence-corrected chi connectivity index (χ0v) is 18.9. The Balaban J connectivity index is 1.51. The lowest BCUT2D eigenvalue weighted by Crippen LogP contribution is -2.46. The molecule has 1 fully saturated rings. The highest BCUT2D eigenvalue weighted by atomic mass is 35.5. The SMILES string of the molecule is CC[C@@H](C)c1ccc(OCC(=O)Nc2ccc(N3CCN(CC)CC3)c(Cl)c2)cc1. The molecule has 162 valence electrons. The molecule has 1 atom stereocenters. The summed E-state index contributed by atoms with van der Waals surface area (Å²) in [5.74, 6) is 1.00. The van der Waals surface area contributed by atoms with Crippen LogP contribution < -0.4 is 15.0 Å². The molecule has 1 N–H and O–H groups in total. The maximum atomic E-state index is 12.3. The molecule has 2 aromatic rings. The molecule has 0 radical (unpaired) electrons. The van der Waals surface area contributed by atoms with Gasteiger partial charge >= 0.3 is 0 Å². The Morgan fingerprint density at radius 1 is 1.10 bits per heavy atom. The number of anilines is 2. The van der Waals surface area contributed by atoms with Crippen molar-refractivity contribution >= 4 is 28.9 Å². The molecule has 1 aliphatic heterocycles. The van der Waals surface area contributed by atoms with E-state index in [0.29, 0.717) is 22.4 Å². The van der Waals surface area contributed by atoms with E-state index in [9.17, 15) is 4.79 Å². The average molecular weight is 430 g/mol. The summed E-state index contributed by atoms with van der Waals surface area (Å²) in [5, 5.41) is 3.52. The summed E-state index contributed by atoms with van der Waals surface area (Å²) in [5.41, 5.74) is 2.97. The first-order valence-electron chi connectivity index (χ1n) is 10.8. The van der Waals surface area contributed by atoms with E-state index >= 15 is 0 Å². The van der Waals surface area contributed by atoms with Crippen LogP contribution in [0.5, 0.6) is 5.75 Å². The van der Waals surface area contributed by atoms with E-state index in [1.807, 2.05) is 30.3 Å². The van der Waals surface area contributed by atoms with Crippen molar-refractivity contribution in [2.24, 2.45) is 0 Å². The number of amides is 1. The zero-order valence-electron chi connectivity index (χ0n) is 18.2. The van der Waals surface area contributed by atoms with Crippen LogP contribution >= 0.6 is 11.6 Å². The molecule has 0 aliphatic carbocycles. The monoisotopic (exact) mass is 429 g/mol. The molecule has 0 aromatic heterocycles. The number of rotatable bonds is 8. The van der Waals surface area contributed by atoms with Gasteiger partial charge < -0.3 is 19.9 Å². The summed E-state index contributed by atoms with van der Waals surface area (Å²) in [7, 11) is 0. The molecular formula is C24H32ClN3O2. The summed E-state index contributed by atoms with van der Waals surface area (Å²) < 4.78 is 5.62. The van der Waals surface area contributed by atoms with Gasteiger partial charge in [-0.3, -0.25) is 4.79 Å². The summed E-state index contributed by atoms with van der Waals surface area (Å²) in [6, 6.07) is 13.6. The third kappa shape index (κ3) is 5.89. The standard InChI is InChI=1S/C24H32ClN3O2/c1-4-18(3)19-6-9-21(10-7-19)30-17-24(29)26-20-8-11-23(22(25)16-20)28-14-12-27(5-2)13-15-28/h6-11,16,18H,4-5,12-15,17H2,1-3H3,(H,26,29)/t18-/m1/s1. The molecule has 5 nitrogen and oxygen atoms in total. The van der Waals surface area contributed by atoms with E-state index in [0.717, 1.165) is 44.8 Å². The number of likely N-dealkylation sites (N-methyl/N-ethyl adjacent to an activating group) is 1. The molecule has 2 aromatic carbocycles. The van der Waals surface area contributed by atoms with Crippen molar-refractivity contribution in [1.82, 2.24) is 4.90 Å². The highest BCUT2D eigenvalue weighted by molar-refractivity contribution is 6.33. The molecule has 1 amide bonds. The molecular weight excluding hydrogens is 398 g/mol. The van der Waals surface area contributed by atoms with Crippen molar-refractivity contribution in [2.45, 2.75) is 33.1 Å². The quantitative estimate of drug-likeness (QED) is 0.640. The minimum Gasteiger partial charge on any atom is -0.484 e. The molecule has 6 heteroatoms. The van der Waals surface area contributed by atoms with Crippen LogP contribution in [0, 0.1) is 0 Å². The first-order valence-corrected chi connectivity index (χ1v) is 11.2. The molecule has 0 unspecified atom stereocenters. The van der Waals surface area contributed by atoms with Gasteiger partial charge in [0.1, 0.15) is 5.75 Å². The number of carbonyl (C=O) groups is 1. The number of benzene rings is 2. The number of halogens is 1. The predicted octanol–water partition coefficient (Wildman–Crippen LogP) is 5.01. The first-order chi connectivity index (χ1) is 14.5. The lowest BCUT2D eigenvalue weighted by atomic mass is 9.99. The second-order valence-corrected chi connectivity index (χ2v) is 8.21. The fourth-order valence-electron chi connectivity index (χ4n) is 3.62. The Hall–Kier alpha value is -2.24. The third-order valence-corrected chi connectivity index (χ3v) is 6.13. The number of nitrogens with zero attached hydrogens (tertiary/aromatic N) is 2. The Labute approximate surface area is 185 Å². The molecule has 3 rings (SSSR count). The van der Waals surface area contributed by atoms with Gasteiger partial charge in [0.15, 0.2) is 6.61 Å². The van der Waals surface area contributed by atoms with Crippen molar-refractivity contribution in [3.63, 3.8) is 0 Å². The van der Waals surface area contributed by atoms with Gasteiger partial charge in [-0.15, -0.1) is 0 Å². The molecule has 1 saturated heterocycles. The van der Waals surface area contributed by atoms with Gasteiger partial charge in [-0.05, 0) is 54.8 Å². The summed E-state index contributed by atoms with van der Waals surface area (Å²) in [4.78, 5) is 17.0. The van der Waals surface area contributed by atoms with Gasteiger partial charge in [-0.25, -0.2) is 0 Å². The van der Waals surface area contributed by atoms with Crippen LogP contribution in [0.15, 0.2) is 42.5 Å². The minimum absolute atomic E-state index is 0.0406. The number of carbonyl (C=O) groups excluding carboxylic acids is 1. The number of hydrogen-bond donors (Lipinski definition) is 1. The van der Waals surface area contributed by atoms with Crippen LogP contribution in [0.1, 0.15) is 38.7 Å². The number of hydrogen-bond acceptors (Lipinski definition) is 4. The summed E-state index contributed by atoms with van der Waals surface area (Å²) in [6.45, 7) is 11.6. The van der Waals surface area contributed by atoms with Crippen LogP contribution in [0.3, 0.4) is 0 Å². The van der Waals surface area contributed by atoms with E-state index in [4.69, 9.17) is 16.3 Å². The lowest BCUT2D eigenvalue weighted by Gasteiger charge is -2.36. The second-order valence-electron chi connectivity index (χ2n) is 7.80. The highest BCUT2D eigenvalue weighted by Gasteiger charge is 2.18. The molecule has 0 bridgehead atoms. The molecule has 1 aliphatic rings. The molecule has 0 saturated carbocycles. The van der Waals surface area contributed by atoms with Crippen molar-refractivity contribution in [3.8, 4) is 5.75 Å². The molecule has 30 heavy (non-hydrogen) atoms. The van der Waals surface area contributed by atoms with Gasteiger partial charge in [0.05, 0.1) is 10.7 Å². The van der Waals surface area contributed by atoms with Crippen LogP contribution in [0.4, 0.5) is 11.4 Å². The normalized spacial score (nSPS) is 15.7. The molecule has 0 spiro atoms. The van der Waals surface area contributed by atoms with Gasteiger partial charge in [0, 0.05) is 31.9 Å². The van der Waals surface area contributed by atoms with Crippen LogP contribution in [0.2, 0.25) is 5.02 Å². The van der Waals surface area contributed by atoms with Gasteiger partial charge in [-0.2, -0.15) is 0 Å². The fourth-order valence-corrected chi connectivity index (χ4v) is 3.92. The topological polar surface area (TPSA) is 44.8 Å².